The lowest BCUT2D eigenvalue weighted by Gasteiger charge is -2.65. The van der Waals surface area contributed by atoms with Gasteiger partial charge in [0.15, 0.2) is 5.60 Å². The van der Waals surface area contributed by atoms with E-state index in [0.717, 1.165) is 26.2 Å². The lowest BCUT2D eigenvalue weighted by molar-refractivity contribution is -0.322. The molecule has 4 rings (SSSR count). The Morgan fingerprint density at radius 3 is 2.11 bits per heavy atom. The van der Waals surface area contributed by atoms with Gasteiger partial charge in [0.2, 0.25) is 0 Å². The molecule has 4 aliphatic carbocycles. The first-order valence-electron chi connectivity index (χ1n) is 7.06. The van der Waals surface area contributed by atoms with Gasteiger partial charge in [-0.2, -0.15) is 13.2 Å². The minimum absolute atomic E-state index is 0.167. The van der Waals surface area contributed by atoms with Crippen molar-refractivity contribution < 1.29 is 18.3 Å². The molecule has 3 atom stereocenters. The van der Waals surface area contributed by atoms with Gasteiger partial charge in [0, 0.05) is 5.41 Å². The van der Waals surface area contributed by atoms with Crippen LogP contribution in [-0.2, 0) is 0 Å². The molecule has 0 heterocycles. The fourth-order valence-corrected chi connectivity index (χ4v) is 5.44. The van der Waals surface area contributed by atoms with Crippen molar-refractivity contribution >= 4 is 0 Å². The average molecular weight is 274 g/mol. The minimum atomic E-state index is -4.55. The maximum atomic E-state index is 13.3. The number of hydrogen-bond acceptors (Lipinski definition) is 1. The third-order valence-electron chi connectivity index (χ3n) is 6.12. The molecule has 108 valence electrons. The normalized spacial score (nSPS) is 48.1. The van der Waals surface area contributed by atoms with Crippen LogP contribution < -0.4 is 0 Å². The second-order valence-corrected chi connectivity index (χ2v) is 7.38. The topological polar surface area (TPSA) is 20.2 Å². The fraction of sp³-hybridized carbons (Fsp3) is 0.867. The Bertz CT molecular complexity index is 396. The van der Waals surface area contributed by atoms with Crippen molar-refractivity contribution in [1.82, 2.24) is 0 Å². The fourth-order valence-electron chi connectivity index (χ4n) is 5.44. The molecule has 19 heavy (non-hydrogen) atoms. The van der Waals surface area contributed by atoms with Crippen molar-refractivity contribution in [3.63, 3.8) is 0 Å². The standard InChI is InChI=1S/C15H21F3O/c1-3-13-5-10-4-11(6-13)8-14(7-10,9-13)12(2,19)15(16,17)18/h3,10-11,19H,1,4-9H2,2H3. The largest absolute Gasteiger partial charge is 0.417 e. The number of rotatable bonds is 2. The molecule has 4 aliphatic rings. The van der Waals surface area contributed by atoms with Crippen molar-refractivity contribution in [2.24, 2.45) is 22.7 Å². The van der Waals surface area contributed by atoms with Crippen molar-refractivity contribution in [1.29, 1.82) is 0 Å². The van der Waals surface area contributed by atoms with E-state index in [1.54, 1.807) is 0 Å². The third-order valence-corrected chi connectivity index (χ3v) is 6.12. The second kappa shape index (κ2) is 3.57. The van der Waals surface area contributed by atoms with Crippen LogP contribution in [0.15, 0.2) is 12.7 Å². The van der Waals surface area contributed by atoms with E-state index in [1.807, 2.05) is 6.08 Å². The highest BCUT2D eigenvalue weighted by Gasteiger charge is 2.69. The Morgan fingerprint density at radius 1 is 1.16 bits per heavy atom. The molecule has 4 heteroatoms. The molecule has 0 aromatic rings. The summed E-state index contributed by atoms with van der Waals surface area (Å²) in [6.07, 6.45) is 1.75. The van der Waals surface area contributed by atoms with Crippen molar-refractivity contribution in [2.75, 3.05) is 0 Å². The molecular weight excluding hydrogens is 253 g/mol. The first-order chi connectivity index (χ1) is 8.63. The van der Waals surface area contributed by atoms with Gasteiger partial charge in [-0.3, -0.25) is 0 Å². The zero-order valence-electron chi connectivity index (χ0n) is 11.3. The maximum absolute atomic E-state index is 13.3. The number of alkyl halides is 3. The van der Waals surface area contributed by atoms with Gasteiger partial charge < -0.3 is 5.11 Å². The summed E-state index contributed by atoms with van der Waals surface area (Å²) in [4.78, 5) is 0. The molecule has 4 saturated carbocycles. The van der Waals surface area contributed by atoms with E-state index in [9.17, 15) is 18.3 Å². The molecule has 0 aliphatic heterocycles. The Hall–Kier alpha value is -0.510. The number of hydrogen-bond donors (Lipinski definition) is 1. The van der Waals surface area contributed by atoms with Crippen LogP contribution in [0.2, 0.25) is 0 Å². The highest BCUT2D eigenvalue weighted by Crippen LogP contribution is 2.70. The van der Waals surface area contributed by atoms with Gasteiger partial charge >= 0.3 is 6.18 Å². The summed E-state index contributed by atoms with van der Waals surface area (Å²) in [7, 11) is 0. The second-order valence-electron chi connectivity index (χ2n) is 7.38. The van der Waals surface area contributed by atoms with Crippen LogP contribution in [0, 0.1) is 22.7 Å². The minimum Gasteiger partial charge on any atom is -0.380 e. The summed E-state index contributed by atoms with van der Waals surface area (Å²) >= 11 is 0. The summed E-state index contributed by atoms with van der Waals surface area (Å²) in [6.45, 7) is 4.85. The molecule has 0 aromatic carbocycles. The summed E-state index contributed by atoms with van der Waals surface area (Å²) in [5.41, 5.74) is -3.74. The van der Waals surface area contributed by atoms with Crippen LogP contribution in [0.25, 0.3) is 0 Å². The molecular formula is C15H21F3O. The van der Waals surface area contributed by atoms with E-state index in [4.69, 9.17) is 0 Å². The third kappa shape index (κ3) is 1.65. The summed E-state index contributed by atoms with van der Waals surface area (Å²) in [5.74, 6) is 0.654. The van der Waals surface area contributed by atoms with Gasteiger partial charge in [0.05, 0.1) is 0 Å². The maximum Gasteiger partial charge on any atom is 0.417 e. The molecule has 3 unspecified atom stereocenters. The Kier molecular flexibility index (Phi) is 2.53. The SMILES string of the molecule is C=CC12CC3CC(C1)CC(C(C)(O)C(F)(F)F)(C3)C2. The van der Waals surface area contributed by atoms with Gasteiger partial charge in [-0.05, 0) is 62.7 Å². The van der Waals surface area contributed by atoms with Crippen LogP contribution in [0.3, 0.4) is 0 Å². The van der Waals surface area contributed by atoms with Gasteiger partial charge in [-0.15, -0.1) is 6.58 Å². The highest BCUT2D eigenvalue weighted by atomic mass is 19.4. The lowest BCUT2D eigenvalue weighted by Crippen LogP contribution is -2.64. The first kappa shape index (κ1) is 13.5. The van der Waals surface area contributed by atoms with E-state index in [2.05, 4.69) is 6.58 Å². The summed E-state index contributed by atoms with van der Waals surface area (Å²) < 4.78 is 39.9. The van der Waals surface area contributed by atoms with Gasteiger partial charge in [-0.1, -0.05) is 6.08 Å². The van der Waals surface area contributed by atoms with E-state index in [-0.39, 0.29) is 5.41 Å². The highest BCUT2D eigenvalue weighted by molar-refractivity contribution is 5.18. The Morgan fingerprint density at radius 2 is 1.68 bits per heavy atom. The van der Waals surface area contributed by atoms with Crippen molar-refractivity contribution in [2.45, 2.75) is 57.2 Å². The zero-order valence-corrected chi connectivity index (χ0v) is 11.3. The lowest BCUT2D eigenvalue weighted by atomic mass is 9.41. The molecule has 0 spiro atoms. The molecule has 0 radical (unpaired) electrons. The number of allylic oxidation sites excluding steroid dienone is 1. The van der Waals surface area contributed by atoms with Crippen LogP contribution in [-0.4, -0.2) is 16.9 Å². The number of aliphatic hydroxyl groups is 1. The zero-order chi connectivity index (χ0) is 14.1. The quantitative estimate of drug-likeness (QED) is 0.752. The van der Waals surface area contributed by atoms with E-state index in [0.29, 0.717) is 31.1 Å². The first-order valence-corrected chi connectivity index (χ1v) is 7.06. The monoisotopic (exact) mass is 274 g/mol. The number of halogens is 3. The van der Waals surface area contributed by atoms with Crippen LogP contribution in [0.4, 0.5) is 13.2 Å². The summed E-state index contributed by atoms with van der Waals surface area (Å²) in [5, 5.41) is 10.3. The van der Waals surface area contributed by atoms with E-state index >= 15 is 0 Å². The predicted octanol–water partition coefficient (Wildman–Crippen LogP) is 4.07. The van der Waals surface area contributed by atoms with Gasteiger partial charge in [0.25, 0.3) is 0 Å². The molecule has 0 saturated heterocycles. The van der Waals surface area contributed by atoms with Gasteiger partial charge in [0.1, 0.15) is 0 Å². The molecule has 4 fully saturated rings. The predicted molar refractivity (Wildman–Crippen MR) is 66.4 cm³/mol. The molecule has 0 amide bonds. The summed E-state index contributed by atoms with van der Waals surface area (Å²) in [6, 6.07) is 0. The molecule has 1 N–H and O–H groups in total. The van der Waals surface area contributed by atoms with Crippen molar-refractivity contribution in [3.05, 3.63) is 12.7 Å². The van der Waals surface area contributed by atoms with Crippen LogP contribution in [0.1, 0.15) is 45.4 Å². The smallest absolute Gasteiger partial charge is 0.380 e. The van der Waals surface area contributed by atoms with Crippen molar-refractivity contribution in [3.8, 4) is 0 Å². The van der Waals surface area contributed by atoms with E-state index < -0.39 is 17.2 Å². The van der Waals surface area contributed by atoms with Gasteiger partial charge in [-0.25, -0.2) is 0 Å². The van der Waals surface area contributed by atoms with Crippen LogP contribution in [0.5, 0.6) is 0 Å². The molecule has 0 aromatic heterocycles. The molecule has 4 bridgehead atoms. The van der Waals surface area contributed by atoms with E-state index in [1.165, 1.54) is 0 Å². The molecule has 1 nitrogen and oxygen atoms in total. The Labute approximate surface area is 111 Å². The Balaban J connectivity index is 2.03. The average Bonchev–Trinajstić information content (AvgIpc) is 2.25. The van der Waals surface area contributed by atoms with Crippen LogP contribution >= 0.6 is 0 Å².